The molecular formula is C17H15FN2O3S2. The van der Waals surface area contributed by atoms with Gasteiger partial charge in [0.25, 0.3) is 5.91 Å². The first-order valence-corrected chi connectivity index (χ1v) is 8.83. The van der Waals surface area contributed by atoms with Crippen LogP contribution in [0.4, 0.5) is 9.39 Å². The molecule has 0 aliphatic heterocycles. The fourth-order valence-corrected chi connectivity index (χ4v) is 4.30. The Kier molecular flexibility index (Phi) is 5.10. The van der Waals surface area contributed by atoms with Crippen LogP contribution in [0.1, 0.15) is 37.6 Å². The summed E-state index contributed by atoms with van der Waals surface area (Å²) in [6, 6.07) is 5.63. The molecule has 1 aliphatic carbocycles. The lowest BCUT2D eigenvalue weighted by atomic mass is 10.1. The van der Waals surface area contributed by atoms with Crippen LogP contribution in [-0.2, 0) is 17.6 Å². The number of thiophene rings is 1. The number of carbonyl (C=O) groups is 2. The average Bonchev–Trinajstić information content (AvgIpc) is 3.14. The maximum absolute atomic E-state index is 13.7. The number of hydrogen-bond donors (Lipinski definition) is 2. The SMILES string of the molecule is COC(=O)c1c(NC(=S)NC(=O)c2ccccc2F)sc2c1CCC2. The van der Waals surface area contributed by atoms with E-state index in [0.717, 1.165) is 29.7 Å². The summed E-state index contributed by atoms with van der Waals surface area (Å²) in [5, 5.41) is 5.84. The van der Waals surface area contributed by atoms with Crippen molar-refractivity contribution in [2.75, 3.05) is 12.4 Å². The van der Waals surface area contributed by atoms with Gasteiger partial charge in [0.15, 0.2) is 5.11 Å². The average molecular weight is 378 g/mol. The molecular weight excluding hydrogens is 363 g/mol. The van der Waals surface area contributed by atoms with Gasteiger partial charge < -0.3 is 10.1 Å². The summed E-state index contributed by atoms with van der Waals surface area (Å²) in [5.41, 5.74) is 1.33. The quantitative estimate of drug-likeness (QED) is 0.634. The molecule has 0 atom stereocenters. The molecule has 0 bridgehead atoms. The van der Waals surface area contributed by atoms with E-state index in [9.17, 15) is 14.0 Å². The molecule has 0 fully saturated rings. The number of carbonyl (C=O) groups excluding carboxylic acids is 2. The number of halogens is 1. The first-order valence-electron chi connectivity index (χ1n) is 7.61. The minimum atomic E-state index is -0.653. The summed E-state index contributed by atoms with van der Waals surface area (Å²) < 4.78 is 18.5. The number of ether oxygens (including phenoxy) is 1. The minimum absolute atomic E-state index is 0.00155. The molecule has 1 aliphatic rings. The Bertz CT molecular complexity index is 864. The molecule has 8 heteroatoms. The van der Waals surface area contributed by atoms with Gasteiger partial charge in [-0.1, -0.05) is 12.1 Å². The predicted molar refractivity (Wildman–Crippen MR) is 97.8 cm³/mol. The van der Waals surface area contributed by atoms with Crippen molar-refractivity contribution in [2.45, 2.75) is 19.3 Å². The largest absolute Gasteiger partial charge is 0.465 e. The van der Waals surface area contributed by atoms with Gasteiger partial charge in [-0.2, -0.15) is 0 Å². The summed E-state index contributed by atoms with van der Waals surface area (Å²) in [7, 11) is 1.32. The first kappa shape index (κ1) is 17.5. The Morgan fingerprint density at radius 2 is 2.04 bits per heavy atom. The molecule has 1 aromatic heterocycles. The Morgan fingerprint density at radius 1 is 1.28 bits per heavy atom. The molecule has 1 amide bonds. The van der Waals surface area contributed by atoms with E-state index < -0.39 is 17.7 Å². The molecule has 0 unspecified atom stereocenters. The molecule has 0 radical (unpaired) electrons. The number of amides is 1. The van der Waals surface area contributed by atoms with E-state index in [1.165, 1.54) is 36.6 Å². The summed E-state index contributed by atoms with van der Waals surface area (Å²) >= 11 is 6.56. The molecule has 2 N–H and O–H groups in total. The third-order valence-electron chi connectivity index (χ3n) is 3.88. The van der Waals surface area contributed by atoms with Crippen LogP contribution in [0, 0.1) is 5.82 Å². The Morgan fingerprint density at radius 3 is 2.76 bits per heavy atom. The Hall–Kier alpha value is -2.32. The van der Waals surface area contributed by atoms with Crippen LogP contribution in [0.5, 0.6) is 0 Å². The van der Waals surface area contributed by atoms with Gasteiger partial charge in [-0.05, 0) is 49.2 Å². The molecule has 130 valence electrons. The maximum Gasteiger partial charge on any atom is 0.341 e. The maximum atomic E-state index is 13.7. The summed E-state index contributed by atoms with van der Waals surface area (Å²) in [4.78, 5) is 25.3. The Balaban J connectivity index is 1.77. The number of thiocarbonyl (C=S) groups is 1. The lowest BCUT2D eigenvalue weighted by Crippen LogP contribution is -2.34. The molecule has 25 heavy (non-hydrogen) atoms. The van der Waals surface area contributed by atoms with Gasteiger partial charge in [0, 0.05) is 4.88 Å². The lowest BCUT2D eigenvalue weighted by molar-refractivity contribution is 0.0601. The number of anilines is 1. The Labute approximate surface area is 153 Å². The van der Waals surface area contributed by atoms with Crippen molar-refractivity contribution in [1.82, 2.24) is 5.32 Å². The number of esters is 1. The van der Waals surface area contributed by atoms with Gasteiger partial charge in [0.2, 0.25) is 0 Å². The highest BCUT2D eigenvalue weighted by Gasteiger charge is 2.27. The lowest BCUT2D eigenvalue weighted by Gasteiger charge is -2.10. The van der Waals surface area contributed by atoms with Gasteiger partial charge in [0.1, 0.15) is 10.8 Å². The molecule has 5 nitrogen and oxygen atoms in total. The van der Waals surface area contributed by atoms with Gasteiger partial charge in [0.05, 0.1) is 18.2 Å². The second-order valence-electron chi connectivity index (χ2n) is 5.44. The normalized spacial score (nSPS) is 12.4. The van der Waals surface area contributed by atoms with Crippen LogP contribution in [0.15, 0.2) is 24.3 Å². The standard InChI is InChI=1S/C17H15FN2O3S2/c1-23-16(22)13-10-6-4-8-12(10)25-15(13)20-17(24)19-14(21)9-5-2-3-7-11(9)18/h2-3,5,7H,4,6,8H2,1H3,(H2,19,20,21,24). The number of benzene rings is 1. The van der Waals surface area contributed by atoms with Gasteiger partial charge in [-0.15, -0.1) is 11.3 Å². The third-order valence-corrected chi connectivity index (χ3v) is 5.29. The van der Waals surface area contributed by atoms with Gasteiger partial charge in [-0.3, -0.25) is 10.1 Å². The van der Waals surface area contributed by atoms with Crippen molar-refractivity contribution >= 4 is 45.5 Å². The highest BCUT2D eigenvalue weighted by atomic mass is 32.1. The smallest absolute Gasteiger partial charge is 0.341 e. The fraction of sp³-hybridized carbons (Fsp3) is 0.235. The first-order chi connectivity index (χ1) is 12.0. The van der Waals surface area contributed by atoms with E-state index in [4.69, 9.17) is 17.0 Å². The molecule has 0 saturated heterocycles. The van der Waals surface area contributed by atoms with Crippen molar-refractivity contribution in [2.24, 2.45) is 0 Å². The third kappa shape index (κ3) is 3.54. The van der Waals surface area contributed by atoms with Crippen LogP contribution < -0.4 is 10.6 Å². The molecule has 3 rings (SSSR count). The number of rotatable bonds is 3. The zero-order chi connectivity index (χ0) is 18.0. The number of methoxy groups -OCH3 is 1. The zero-order valence-electron chi connectivity index (χ0n) is 13.3. The summed E-state index contributed by atoms with van der Waals surface area (Å²) in [5.74, 6) is -1.72. The minimum Gasteiger partial charge on any atom is -0.465 e. The van der Waals surface area contributed by atoms with Crippen molar-refractivity contribution in [3.8, 4) is 0 Å². The van der Waals surface area contributed by atoms with E-state index in [1.54, 1.807) is 6.07 Å². The molecule has 2 aromatic rings. The number of fused-ring (bicyclic) bond motifs is 1. The highest BCUT2D eigenvalue weighted by Crippen LogP contribution is 2.39. The van der Waals surface area contributed by atoms with Crippen LogP contribution in [-0.4, -0.2) is 24.1 Å². The predicted octanol–water partition coefficient (Wildman–Crippen LogP) is 3.29. The van der Waals surface area contributed by atoms with Gasteiger partial charge in [-0.25, -0.2) is 9.18 Å². The van der Waals surface area contributed by atoms with E-state index in [1.807, 2.05) is 0 Å². The monoisotopic (exact) mass is 378 g/mol. The summed E-state index contributed by atoms with van der Waals surface area (Å²) in [6.07, 6.45) is 2.71. The highest BCUT2D eigenvalue weighted by molar-refractivity contribution is 7.80. The van der Waals surface area contributed by atoms with E-state index in [0.29, 0.717) is 10.6 Å². The number of nitrogens with one attached hydrogen (secondary N) is 2. The molecule has 1 heterocycles. The summed E-state index contributed by atoms with van der Waals surface area (Å²) in [6.45, 7) is 0. The van der Waals surface area contributed by atoms with Crippen molar-refractivity contribution in [3.05, 3.63) is 51.7 Å². The molecule has 1 aromatic carbocycles. The van der Waals surface area contributed by atoms with Crippen molar-refractivity contribution in [1.29, 1.82) is 0 Å². The molecule has 0 spiro atoms. The van der Waals surface area contributed by atoms with E-state index in [2.05, 4.69) is 10.6 Å². The van der Waals surface area contributed by atoms with Crippen LogP contribution >= 0.6 is 23.6 Å². The number of aryl methyl sites for hydroxylation is 1. The fourth-order valence-electron chi connectivity index (χ4n) is 2.76. The van der Waals surface area contributed by atoms with Crippen LogP contribution in [0.25, 0.3) is 0 Å². The van der Waals surface area contributed by atoms with Crippen molar-refractivity contribution in [3.63, 3.8) is 0 Å². The van der Waals surface area contributed by atoms with Crippen LogP contribution in [0.3, 0.4) is 0 Å². The van der Waals surface area contributed by atoms with Gasteiger partial charge >= 0.3 is 5.97 Å². The van der Waals surface area contributed by atoms with Crippen LogP contribution in [0.2, 0.25) is 0 Å². The zero-order valence-corrected chi connectivity index (χ0v) is 15.0. The van der Waals surface area contributed by atoms with E-state index in [-0.39, 0.29) is 10.7 Å². The molecule has 0 saturated carbocycles. The second kappa shape index (κ2) is 7.28. The van der Waals surface area contributed by atoms with E-state index >= 15 is 0 Å². The van der Waals surface area contributed by atoms with Crippen molar-refractivity contribution < 1.29 is 18.7 Å². The number of hydrogen-bond acceptors (Lipinski definition) is 5. The topological polar surface area (TPSA) is 67.4 Å². The second-order valence-corrected chi connectivity index (χ2v) is 6.95.